The predicted molar refractivity (Wildman–Crippen MR) is 108 cm³/mol. The quantitative estimate of drug-likeness (QED) is 0.501. The van der Waals surface area contributed by atoms with Crippen LogP contribution >= 0.6 is 23.2 Å². The third-order valence-electron chi connectivity index (χ3n) is 3.79. The normalized spacial score (nSPS) is 11.9. The number of nitrogens with one attached hydrogen (secondary N) is 1. The maximum atomic E-state index is 12.6. The van der Waals surface area contributed by atoms with Gasteiger partial charge < -0.3 is 14.8 Å². The number of carbonyl (C=O) groups excluding carboxylic acids is 2. The second-order valence-corrected chi connectivity index (χ2v) is 6.63. The second kappa shape index (κ2) is 9.52. The Morgan fingerprint density at radius 1 is 1.14 bits per heavy atom. The fourth-order valence-electron chi connectivity index (χ4n) is 2.37. The summed E-state index contributed by atoms with van der Waals surface area (Å²) in [6.45, 7) is 3.06. The molecule has 0 aromatic heterocycles. The van der Waals surface area contributed by atoms with E-state index in [9.17, 15) is 9.59 Å². The van der Waals surface area contributed by atoms with Crippen LogP contribution in [0.15, 0.2) is 40.6 Å². The fourth-order valence-corrected chi connectivity index (χ4v) is 2.74. The number of nitrogens with zero attached hydrogens (tertiary/aromatic N) is 2. The monoisotopic (exact) mass is 423 g/mol. The average molecular weight is 424 g/mol. The van der Waals surface area contributed by atoms with Crippen molar-refractivity contribution in [3.8, 4) is 11.5 Å². The Bertz CT molecular complexity index is 932. The summed E-state index contributed by atoms with van der Waals surface area (Å²) in [5.74, 6) is -0.584. The molecular weight excluding hydrogens is 405 g/mol. The van der Waals surface area contributed by atoms with Gasteiger partial charge in [0.05, 0.1) is 24.9 Å². The van der Waals surface area contributed by atoms with E-state index in [2.05, 4.69) is 15.5 Å². The van der Waals surface area contributed by atoms with E-state index in [0.29, 0.717) is 21.5 Å². The number of benzene rings is 2. The topological polar surface area (TPSA) is 89.4 Å². The highest BCUT2D eigenvalue weighted by atomic mass is 35.5. The van der Waals surface area contributed by atoms with Crippen molar-refractivity contribution >= 4 is 46.3 Å². The second-order valence-electron chi connectivity index (χ2n) is 5.81. The number of ether oxygens (including phenoxy) is 2. The first-order chi connectivity index (χ1) is 13.3. The van der Waals surface area contributed by atoms with E-state index in [0.717, 1.165) is 5.56 Å². The first-order valence-corrected chi connectivity index (χ1v) is 8.92. The van der Waals surface area contributed by atoms with Crippen LogP contribution in [-0.4, -0.2) is 32.0 Å². The van der Waals surface area contributed by atoms with Crippen molar-refractivity contribution in [2.45, 2.75) is 19.9 Å². The van der Waals surface area contributed by atoms with Crippen LogP contribution in [0.2, 0.25) is 10.0 Å². The Balaban J connectivity index is 2.32. The number of aryl methyl sites for hydroxylation is 1. The largest absolute Gasteiger partial charge is 0.493 e. The molecule has 1 unspecified atom stereocenters. The standard InChI is InChI=1S/C19H19Cl2N3O4/c1-10-6-5-7-13(16(10)21)23-24-17(11(2)25)19(26)22-14-8-12(20)9-15(27-3)18(14)28-4/h5-9,17H,1-4H3,(H,22,26). The molecule has 1 N–H and O–H groups in total. The molecule has 0 saturated carbocycles. The van der Waals surface area contributed by atoms with Crippen LogP contribution in [0.5, 0.6) is 11.5 Å². The summed E-state index contributed by atoms with van der Waals surface area (Å²) in [6, 6.07) is 6.85. The summed E-state index contributed by atoms with van der Waals surface area (Å²) in [6.07, 6.45) is 0. The van der Waals surface area contributed by atoms with E-state index in [1.54, 1.807) is 12.1 Å². The van der Waals surface area contributed by atoms with Crippen LogP contribution in [0.4, 0.5) is 11.4 Å². The molecule has 0 radical (unpaired) electrons. The summed E-state index contributed by atoms with van der Waals surface area (Å²) in [4.78, 5) is 24.6. The third kappa shape index (κ3) is 4.99. The number of amides is 1. The minimum atomic E-state index is -1.37. The zero-order chi connectivity index (χ0) is 20.8. The van der Waals surface area contributed by atoms with Crippen LogP contribution < -0.4 is 14.8 Å². The van der Waals surface area contributed by atoms with Gasteiger partial charge in [-0.1, -0.05) is 35.3 Å². The molecule has 0 aliphatic carbocycles. The number of rotatable bonds is 7. The van der Waals surface area contributed by atoms with Gasteiger partial charge >= 0.3 is 0 Å². The van der Waals surface area contributed by atoms with E-state index in [-0.39, 0.29) is 11.4 Å². The SMILES string of the molecule is COc1cc(Cl)cc(NC(=O)C(N=Nc2cccc(C)c2Cl)C(C)=O)c1OC. The van der Waals surface area contributed by atoms with Crippen molar-refractivity contribution in [1.29, 1.82) is 0 Å². The van der Waals surface area contributed by atoms with E-state index in [1.165, 1.54) is 33.3 Å². The molecule has 0 fully saturated rings. The van der Waals surface area contributed by atoms with Gasteiger partial charge in [0.1, 0.15) is 5.69 Å². The highest BCUT2D eigenvalue weighted by Gasteiger charge is 2.25. The summed E-state index contributed by atoms with van der Waals surface area (Å²) in [5, 5.41) is 11.2. The molecule has 28 heavy (non-hydrogen) atoms. The number of azo groups is 1. The van der Waals surface area contributed by atoms with Crippen LogP contribution in [0.3, 0.4) is 0 Å². The van der Waals surface area contributed by atoms with Crippen molar-refractivity contribution in [3.63, 3.8) is 0 Å². The molecule has 0 heterocycles. The molecule has 7 nitrogen and oxygen atoms in total. The number of carbonyl (C=O) groups is 2. The maximum absolute atomic E-state index is 12.6. The van der Waals surface area contributed by atoms with E-state index >= 15 is 0 Å². The minimum Gasteiger partial charge on any atom is -0.493 e. The highest BCUT2D eigenvalue weighted by Crippen LogP contribution is 2.38. The molecule has 0 saturated heterocycles. The molecule has 2 rings (SSSR count). The van der Waals surface area contributed by atoms with Gasteiger partial charge in [-0.15, -0.1) is 0 Å². The maximum Gasteiger partial charge on any atom is 0.258 e. The number of methoxy groups -OCH3 is 2. The van der Waals surface area contributed by atoms with Gasteiger partial charge in [0.2, 0.25) is 6.04 Å². The van der Waals surface area contributed by atoms with Gasteiger partial charge in [0, 0.05) is 11.1 Å². The first kappa shape index (κ1) is 21.7. The smallest absolute Gasteiger partial charge is 0.258 e. The van der Waals surface area contributed by atoms with Gasteiger partial charge in [0.25, 0.3) is 5.91 Å². The van der Waals surface area contributed by atoms with E-state index in [1.807, 2.05) is 13.0 Å². The van der Waals surface area contributed by atoms with Crippen LogP contribution in [0, 0.1) is 6.92 Å². The van der Waals surface area contributed by atoms with E-state index < -0.39 is 17.7 Å². The zero-order valence-corrected chi connectivity index (χ0v) is 17.3. The molecule has 0 aliphatic rings. The van der Waals surface area contributed by atoms with Crippen LogP contribution in [0.25, 0.3) is 0 Å². The van der Waals surface area contributed by atoms with Crippen molar-refractivity contribution in [3.05, 3.63) is 45.9 Å². The molecule has 1 atom stereocenters. The number of Topliss-reactive ketones (excluding diaryl/α,β-unsaturated/α-hetero) is 1. The van der Waals surface area contributed by atoms with Crippen LogP contribution in [0.1, 0.15) is 12.5 Å². The molecule has 148 valence electrons. The van der Waals surface area contributed by atoms with Crippen molar-refractivity contribution < 1.29 is 19.1 Å². The van der Waals surface area contributed by atoms with Gasteiger partial charge in [-0.05, 0) is 31.5 Å². The molecule has 0 spiro atoms. The van der Waals surface area contributed by atoms with Gasteiger partial charge in [-0.25, -0.2) is 0 Å². The Labute approximate surface area is 172 Å². The molecular formula is C19H19Cl2N3O4. The molecule has 1 amide bonds. The lowest BCUT2D eigenvalue weighted by molar-refractivity contribution is -0.126. The molecule has 2 aromatic rings. The Kier molecular flexibility index (Phi) is 7.37. The van der Waals surface area contributed by atoms with Gasteiger partial charge in [-0.2, -0.15) is 10.2 Å². The fraction of sp³-hybridized carbons (Fsp3) is 0.263. The number of halogens is 2. The van der Waals surface area contributed by atoms with Crippen molar-refractivity contribution in [2.75, 3.05) is 19.5 Å². The predicted octanol–water partition coefficient (Wildman–Crippen LogP) is 5.00. The minimum absolute atomic E-state index is 0.242. The molecule has 2 aromatic carbocycles. The summed E-state index contributed by atoms with van der Waals surface area (Å²) in [5.41, 5.74) is 1.41. The summed E-state index contributed by atoms with van der Waals surface area (Å²) < 4.78 is 10.5. The summed E-state index contributed by atoms with van der Waals surface area (Å²) >= 11 is 12.2. The Morgan fingerprint density at radius 2 is 1.86 bits per heavy atom. The third-order valence-corrected chi connectivity index (χ3v) is 4.50. The van der Waals surface area contributed by atoms with Crippen molar-refractivity contribution in [2.24, 2.45) is 10.2 Å². The zero-order valence-electron chi connectivity index (χ0n) is 15.7. The molecule has 0 bridgehead atoms. The lowest BCUT2D eigenvalue weighted by Gasteiger charge is -2.15. The highest BCUT2D eigenvalue weighted by molar-refractivity contribution is 6.33. The average Bonchev–Trinajstić information content (AvgIpc) is 2.64. The lowest BCUT2D eigenvalue weighted by Crippen LogP contribution is -2.32. The van der Waals surface area contributed by atoms with Gasteiger partial charge in [0.15, 0.2) is 17.3 Å². The lowest BCUT2D eigenvalue weighted by atomic mass is 10.2. The number of ketones is 1. The number of hydrogen-bond donors (Lipinski definition) is 1. The van der Waals surface area contributed by atoms with Crippen LogP contribution in [-0.2, 0) is 9.59 Å². The first-order valence-electron chi connectivity index (χ1n) is 8.17. The molecule has 9 heteroatoms. The van der Waals surface area contributed by atoms with E-state index in [4.69, 9.17) is 32.7 Å². The summed E-state index contributed by atoms with van der Waals surface area (Å²) in [7, 11) is 2.86. The van der Waals surface area contributed by atoms with Gasteiger partial charge in [-0.3, -0.25) is 9.59 Å². The number of anilines is 1. The Morgan fingerprint density at radius 3 is 2.46 bits per heavy atom. The Hall–Kier alpha value is -2.64. The number of hydrogen-bond acceptors (Lipinski definition) is 6. The molecule has 0 aliphatic heterocycles. The van der Waals surface area contributed by atoms with Crippen molar-refractivity contribution in [1.82, 2.24) is 0 Å².